The zero-order valence-corrected chi connectivity index (χ0v) is 12.2. The number of rotatable bonds is 3. The molecule has 1 heterocycles. The van der Waals surface area contributed by atoms with Crippen LogP contribution in [0, 0.1) is 0 Å². The summed E-state index contributed by atoms with van der Waals surface area (Å²) >= 11 is 0. The molecule has 5 nitrogen and oxygen atoms in total. The van der Waals surface area contributed by atoms with E-state index >= 15 is 0 Å². The highest BCUT2D eigenvalue weighted by Crippen LogP contribution is 2.23. The second kappa shape index (κ2) is 5.36. The summed E-state index contributed by atoms with van der Waals surface area (Å²) in [5, 5.41) is 5.76. The van der Waals surface area contributed by atoms with E-state index in [1.54, 1.807) is 25.4 Å². The standard InChI is InChI=1S/C15H19N3O2/c1-15(2,3)18-13(19)11-7-5-6-10(8-11)12-9-17-14(16-4)20-12/h5-9H,1-4H3,(H,16,17)(H,18,19). The molecule has 1 aromatic carbocycles. The molecule has 0 aliphatic carbocycles. The first-order valence-electron chi connectivity index (χ1n) is 6.45. The lowest BCUT2D eigenvalue weighted by Crippen LogP contribution is -2.40. The fourth-order valence-electron chi connectivity index (χ4n) is 1.75. The van der Waals surface area contributed by atoms with Crippen LogP contribution in [-0.4, -0.2) is 23.5 Å². The quantitative estimate of drug-likeness (QED) is 0.902. The van der Waals surface area contributed by atoms with Gasteiger partial charge in [0.05, 0.1) is 6.20 Å². The van der Waals surface area contributed by atoms with E-state index in [1.807, 2.05) is 32.9 Å². The summed E-state index contributed by atoms with van der Waals surface area (Å²) in [7, 11) is 1.74. The Bertz CT molecular complexity index is 612. The van der Waals surface area contributed by atoms with E-state index in [2.05, 4.69) is 15.6 Å². The molecule has 0 aliphatic heterocycles. The highest BCUT2D eigenvalue weighted by atomic mass is 16.4. The van der Waals surface area contributed by atoms with Crippen molar-refractivity contribution in [1.82, 2.24) is 10.3 Å². The number of nitrogens with zero attached hydrogens (tertiary/aromatic N) is 1. The summed E-state index contributed by atoms with van der Waals surface area (Å²) in [6.45, 7) is 5.85. The molecule has 0 aliphatic rings. The molecular weight excluding hydrogens is 254 g/mol. The van der Waals surface area contributed by atoms with Crippen molar-refractivity contribution in [3.8, 4) is 11.3 Å². The molecular formula is C15H19N3O2. The lowest BCUT2D eigenvalue weighted by molar-refractivity contribution is 0.0919. The third-order valence-electron chi connectivity index (χ3n) is 2.62. The normalized spacial score (nSPS) is 11.2. The third kappa shape index (κ3) is 3.38. The predicted molar refractivity (Wildman–Crippen MR) is 78.7 cm³/mol. The van der Waals surface area contributed by atoms with Crippen LogP contribution in [0.5, 0.6) is 0 Å². The van der Waals surface area contributed by atoms with E-state index in [-0.39, 0.29) is 11.4 Å². The Balaban J connectivity index is 2.26. The van der Waals surface area contributed by atoms with Crippen molar-refractivity contribution in [1.29, 1.82) is 0 Å². The topological polar surface area (TPSA) is 67.2 Å². The van der Waals surface area contributed by atoms with Crippen LogP contribution >= 0.6 is 0 Å². The van der Waals surface area contributed by atoms with Gasteiger partial charge in [0, 0.05) is 23.7 Å². The lowest BCUT2D eigenvalue weighted by Gasteiger charge is -2.20. The second-order valence-corrected chi connectivity index (χ2v) is 5.56. The fraction of sp³-hybridized carbons (Fsp3) is 0.333. The SMILES string of the molecule is CNc1ncc(-c2cccc(C(=O)NC(C)(C)C)c2)o1. The molecule has 2 N–H and O–H groups in total. The summed E-state index contributed by atoms with van der Waals surface area (Å²) in [6, 6.07) is 7.73. The molecule has 106 valence electrons. The molecule has 0 saturated heterocycles. The van der Waals surface area contributed by atoms with Gasteiger partial charge in [0.15, 0.2) is 5.76 Å². The third-order valence-corrected chi connectivity index (χ3v) is 2.62. The van der Waals surface area contributed by atoms with Gasteiger partial charge in [-0.2, -0.15) is 0 Å². The van der Waals surface area contributed by atoms with Crippen molar-refractivity contribution < 1.29 is 9.21 Å². The Morgan fingerprint density at radius 3 is 2.65 bits per heavy atom. The Morgan fingerprint density at radius 2 is 2.05 bits per heavy atom. The summed E-state index contributed by atoms with van der Waals surface area (Å²) in [5.41, 5.74) is 1.15. The number of nitrogens with one attached hydrogen (secondary N) is 2. The van der Waals surface area contributed by atoms with Crippen LogP contribution in [0.4, 0.5) is 6.01 Å². The molecule has 0 bridgehead atoms. The number of hydrogen-bond donors (Lipinski definition) is 2. The molecule has 0 spiro atoms. The molecule has 5 heteroatoms. The van der Waals surface area contributed by atoms with Crippen LogP contribution in [0.1, 0.15) is 31.1 Å². The largest absolute Gasteiger partial charge is 0.424 e. The van der Waals surface area contributed by atoms with Gasteiger partial charge in [-0.3, -0.25) is 4.79 Å². The Kier molecular flexibility index (Phi) is 3.79. The molecule has 0 saturated carbocycles. The minimum Gasteiger partial charge on any atom is -0.424 e. The maximum absolute atomic E-state index is 12.1. The first kappa shape index (κ1) is 14.1. The van der Waals surface area contributed by atoms with Crippen LogP contribution < -0.4 is 10.6 Å². The highest BCUT2D eigenvalue weighted by Gasteiger charge is 2.16. The van der Waals surface area contributed by atoms with Gasteiger partial charge in [0.1, 0.15) is 0 Å². The molecule has 1 aromatic heterocycles. The van der Waals surface area contributed by atoms with E-state index in [1.165, 1.54) is 0 Å². The Hall–Kier alpha value is -2.30. The maximum atomic E-state index is 12.1. The molecule has 0 atom stereocenters. The van der Waals surface area contributed by atoms with Crippen LogP contribution in [0.15, 0.2) is 34.9 Å². The molecule has 2 rings (SSSR count). The van der Waals surface area contributed by atoms with Crippen LogP contribution in [-0.2, 0) is 0 Å². The molecule has 0 unspecified atom stereocenters. The number of anilines is 1. The number of aromatic nitrogens is 1. The minimum absolute atomic E-state index is 0.104. The van der Waals surface area contributed by atoms with Crippen molar-refractivity contribution >= 4 is 11.9 Å². The van der Waals surface area contributed by atoms with Gasteiger partial charge in [-0.25, -0.2) is 4.98 Å². The van der Waals surface area contributed by atoms with Gasteiger partial charge >= 0.3 is 0 Å². The lowest BCUT2D eigenvalue weighted by atomic mass is 10.1. The number of carbonyl (C=O) groups excluding carboxylic acids is 1. The van der Waals surface area contributed by atoms with Crippen LogP contribution in [0.25, 0.3) is 11.3 Å². The average Bonchev–Trinajstić information content (AvgIpc) is 2.85. The van der Waals surface area contributed by atoms with Crippen LogP contribution in [0.3, 0.4) is 0 Å². The molecule has 20 heavy (non-hydrogen) atoms. The van der Waals surface area contributed by atoms with Crippen molar-refractivity contribution in [3.63, 3.8) is 0 Å². The Morgan fingerprint density at radius 1 is 1.30 bits per heavy atom. The molecule has 2 aromatic rings. The maximum Gasteiger partial charge on any atom is 0.294 e. The summed E-state index contributed by atoms with van der Waals surface area (Å²) in [5.74, 6) is 0.521. The molecule has 1 amide bonds. The van der Waals surface area contributed by atoms with Crippen molar-refractivity contribution in [2.24, 2.45) is 0 Å². The monoisotopic (exact) mass is 273 g/mol. The summed E-state index contributed by atoms with van der Waals surface area (Å²) in [4.78, 5) is 16.2. The van der Waals surface area contributed by atoms with E-state index in [0.29, 0.717) is 17.3 Å². The average molecular weight is 273 g/mol. The Labute approximate surface area is 118 Å². The summed E-state index contributed by atoms with van der Waals surface area (Å²) in [6.07, 6.45) is 1.63. The number of carbonyl (C=O) groups is 1. The highest BCUT2D eigenvalue weighted by molar-refractivity contribution is 5.95. The van der Waals surface area contributed by atoms with Gasteiger partial charge in [-0.05, 0) is 32.9 Å². The summed E-state index contributed by atoms with van der Waals surface area (Å²) < 4.78 is 5.50. The van der Waals surface area contributed by atoms with E-state index < -0.39 is 0 Å². The first-order chi connectivity index (χ1) is 9.39. The number of hydrogen-bond acceptors (Lipinski definition) is 4. The van der Waals surface area contributed by atoms with Gasteiger partial charge < -0.3 is 15.1 Å². The van der Waals surface area contributed by atoms with Crippen molar-refractivity contribution in [3.05, 3.63) is 36.0 Å². The van der Waals surface area contributed by atoms with Gasteiger partial charge in [0.2, 0.25) is 0 Å². The van der Waals surface area contributed by atoms with E-state index in [4.69, 9.17) is 4.42 Å². The second-order valence-electron chi connectivity index (χ2n) is 5.56. The molecule has 0 radical (unpaired) electrons. The smallest absolute Gasteiger partial charge is 0.294 e. The minimum atomic E-state index is -0.265. The van der Waals surface area contributed by atoms with Crippen LogP contribution in [0.2, 0.25) is 0 Å². The van der Waals surface area contributed by atoms with Gasteiger partial charge in [-0.15, -0.1) is 0 Å². The van der Waals surface area contributed by atoms with Crippen molar-refractivity contribution in [2.75, 3.05) is 12.4 Å². The molecule has 0 fully saturated rings. The number of amides is 1. The zero-order valence-electron chi connectivity index (χ0n) is 12.2. The van der Waals surface area contributed by atoms with Gasteiger partial charge in [-0.1, -0.05) is 12.1 Å². The van der Waals surface area contributed by atoms with E-state index in [9.17, 15) is 4.79 Å². The first-order valence-corrected chi connectivity index (χ1v) is 6.45. The van der Waals surface area contributed by atoms with Gasteiger partial charge in [0.25, 0.3) is 11.9 Å². The number of oxazole rings is 1. The van der Waals surface area contributed by atoms with E-state index in [0.717, 1.165) is 5.56 Å². The number of benzene rings is 1. The van der Waals surface area contributed by atoms with Crippen molar-refractivity contribution in [2.45, 2.75) is 26.3 Å². The predicted octanol–water partition coefficient (Wildman–Crippen LogP) is 2.91. The fourth-order valence-corrected chi connectivity index (χ4v) is 1.75. The zero-order chi connectivity index (χ0) is 14.8.